The molecule has 2 aliphatic rings. The molecule has 0 unspecified atom stereocenters. The zero-order valence-electron chi connectivity index (χ0n) is 18.7. The van der Waals surface area contributed by atoms with E-state index in [0.29, 0.717) is 12.6 Å². The number of hydrogen-bond donors (Lipinski definition) is 2. The van der Waals surface area contributed by atoms with Gasteiger partial charge < -0.3 is 25.0 Å². The first kappa shape index (κ1) is 21.4. The highest BCUT2D eigenvalue weighted by Gasteiger charge is 2.15. The van der Waals surface area contributed by atoms with Gasteiger partial charge in [-0.15, -0.1) is 0 Å². The van der Waals surface area contributed by atoms with E-state index in [9.17, 15) is 0 Å². The van der Waals surface area contributed by atoms with Crippen molar-refractivity contribution >= 4 is 17.3 Å². The van der Waals surface area contributed by atoms with Gasteiger partial charge in [-0.2, -0.15) is 0 Å². The number of nitrogens with zero attached hydrogens (tertiary/aromatic N) is 3. The summed E-state index contributed by atoms with van der Waals surface area (Å²) in [5.41, 5.74) is 5.31. The molecular weight excluding hydrogens is 414 g/mol. The number of rotatable bonds is 1. The zero-order chi connectivity index (χ0) is 22.3. The van der Waals surface area contributed by atoms with Crippen molar-refractivity contribution in [2.45, 2.75) is 13.0 Å². The van der Waals surface area contributed by atoms with E-state index in [1.807, 2.05) is 30.3 Å². The molecule has 3 heterocycles. The van der Waals surface area contributed by atoms with Gasteiger partial charge in [0, 0.05) is 49.3 Å². The van der Waals surface area contributed by atoms with Crippen LogP contribution in [-0.2, 0) is 11.3 Å². The molecule has 170 valence electrons. The number of benzene rings is 2. The van der Waals surface area contributed by atoms with Gasteiger partial charge in [-0.05, 0) is 48.4 Å². The van der Waals surface area contributed by atoms with Crippen LogP contribution < -0.4 is 20.3 Å². The number of hydrogen-bond acceptors (Lipinski definition) is 7. The van der Waals surface area contributed by atoms with E-state index < -0.39 is 0 Å². The smallest absolute Gasteiger partial charge is 0.227 e. The summed E-state index contributed by atoms with van der Waals surface area (Å²) in [6.45, 7) is 5.56. The molecule has 1 aromatic heterocycles. The fraction of sp³-hybridized carbons (Fsp3) is 0.308. The Kier molecular flexibility index (Phi) is 6.79. The van der Waals surface area contributed by atoms with Crippen LogP contribution in [0.3, 0.4) is 0 Å². The van der Waals surface area contributed by atoms with Crippen molar-refractivity contribution in [3.05, 3.63) is 72.4 Å². The van der Waals surface area contributed by atoms with Gasteiger partial charge >= 0.3 is 0 Å². The van der Waals surface area contributed by atoms with Crippen LogP contribution in [0.5, 0.6) is 5.75 Å². The van der Waals surface area contributed by atoms with Crippen LogP contribution >= 0.6 is 0 Å². The van der Waals surface area contributed by atoms with Crippen LogP contribution in [0.25, 0.3) is 11.3 Å². The molecule has 2 aliphatic heterocycles. The van der Waals surface area contributed by atoms with Gasteiger partial charge in [0.05, 0.1) is 25.5 Å². The lowest BCUT2D eigenvalue weighted by molar-refractivity contribution is 0.122. The monoisotopic (exact) mass is 443 g/mol. The highest BCUT2D eigenvalue weighted by molar-refractivity contribution is 5.66. The van der Waals surface area contributed by atoms with Crippen LogP contribution in [0.2, 0.25) is 0 Å². The average molecular weight is 444 g/mol. The second-order valence-electron chi connectivity index (χ2n) is 8.10. The lowest BCUT2D eigenvalue weighted by Crippen LogP contribution is -2.37. The van der Waals surface area contributed by atoms with Gasteiger partial charge in [0.25, 0.3) is 0 Å². The molecule has 0 atom stereocenters. The number of ether oxygens (including phenoxy) is 2. The van der Waals surface area contributed by atoms with Crippen LogP contribution in [0, 0.1) is 0 Å². The Hall–Kier alpha value is -3.42. The number of aromatic nitrogens is 2. The molecule has 5 rings (SSSR count). The first-order valence-corrected chi connectivity index (χ1v) is 11.5. The van der Waals surface area contributed by atoms with Crippen molar-refractivity contribution in [2.24, 2.45) is 0 Å². The molecule has 33 heavy (non-hydrogen) atoms. The summed E-state index contributed by atoms with van der Waals surface area (Å²) in [5, 5.41) is 6.93. The Morgan fingerprint density at radius 1 is 0.939 bits per heavy atom. The first-order chi connectivity index (χ1) is 16.3. The summed E-state index contributed by atoms with van der Waals surface area (Å²) >= 11 is 0. The number of nitrogens with one attached hydrogen (secondary N) is 2. The predicted molar refractivity (Wildman–Crippen MR) is 131 cm³/mol. The Labute approximate surface area is 194 Å². The fourth-order valence-corrected chi connectivity index (χ4v) is 4.11. The van der Waals surface area contributed by atoms with E-state index in [-0.39, 0.29) is 0 Å². The van der Waals surface area contributed by atoms with Gasteiger partial charge in [-0.3, -0.25) is 0 Å². The van der Waals surface area contributed by atoms with E-state index in [1.165, 1.54) is 11.3 Å². The number of fused-ring (bicyclic) bond motifs is 7. The zero-order valence-corrected chi connectivity index (χ0v) is 18.7. The van der Waals surface area contributed by atoms with Gasteiger partial charge in [0.1, 0.15) is 5.75 Å². The lowest BCUT2D eigenvalue weighted by atomic mass is 10.1. The molecule has 0 radical (unpaired) electrons. The van der Waals surface area contributed by atoms with Crippen molar-refractivity contribution in [1.82, 2.24) is 15.3 Å². The molecule has 0 amide bonds. The summed E-state index contributed by atoms with van der Waals surface area (Å²) in [7, 11) is 0. The Balaban J connectivity index is 1.47. The van der Waals surface area contributed by atoms with E-state index in [2.05, 4.69) is 50.9 Å². The SMILES string of the molecule is C1=C/CNCc2cc(ccc2N2CCOCC2)Nc2nccc(n2)-c2cccc(c2)OCC/1. The minimum atomic E-state index is 0.570. The van der Waals surface area contributed by atoms with Gasteiger partial charge in [0.15, 0.2) is 0 Å². The highest BCUT2D eigenvalue weighted by Crippen LogP contribution is 2.28. The summed E-state index contributed by atoms with van der Waals surface area (Å²) in [6.07, 6.45) is 6.98. The van der Waals surface area contributed by atoms with Gasteiger partial charge in [0.2, 0.25) is 5.95 Å². The normalized spacial score (nSPS) is 17.8. The lowest BCUT2D eigenvalue weighted by Gasteiger charge is -2.31. The van der Waals surface area contributed by atoms with Crippen molar-refractivity contribution in [2.75, 3.05) is 49.7 Å². The third kappa shape index (κ3) is 5.50. The molecule has 7 nitrogen and oxygen atoms in total. The molecule has 3 aromatic rings. The molecule has 2 aromatic carbocycles. The predicted octanol–water partition coefficient (Wildman–Crippen LogP) is 4.15. The van der Waals surface area contributed by atoms with Crippen LogP contribution in [0.15, 0.2) is 66.9 Å². The molecule has 0 saturated carbocycles. The quantitative estimate of drug-likeness (QED) is 0.548. The van der Waals surface area contributed by atoms with Crippen molar-refractivity contribution in [3.8, 4) is 17.0 Å². The number of morpholine rings is 1. The second kappa shape index (κ2) is 10.5. The molecule has 1 saturated heterocycles. The Morgan fingerprint density at radius 2 is 1.88 bits per heavy atom. The Morgan fingerprint density at radius 3 is 2.82 bits per heavy atom. The largest absolute Gasteiger partial charge is 0.493 e. The third-order valence-corrected chi connectivity index (χ3v) is 5.77. The molecule has 0 spiro atoms. The molecule has 2 N–H and O–H groups in total. The van der Waals surface area contributed by atoms with E-state index in [1.54, 1.807) is 6.20 Å². The molecule has 1 fully saturated rings. The number of anilines is 3. The van der Waals surface area contributed by atoms with Crippen molar-refractivity contribution in [1.29, 1.82) is 0 Å². The molecule has 7 heteroatoms. The van der Waals surface area contributed by atoms with Crippen LogP contribution in [0.4, 0.5) is 17.3 Å². The maximum Gasteiger partial charge on any atom is 0.227 e. The minimum absolute atomic E-state index is 0.570. The summed E-state index contributed by atoms with van der Waals surface area (Å²) in [5.74, 6) is 1.41. The third-order valence-electron chi connectivity index (χ3n) is 5.77. The van der Waals surface area contributed by atoms with E-state index in [0.717, 1.165) is 68.5 Å². The maximum absolute atomic E-state index is 5.93. The topological polar surface area (TPSA) is 71.5 Å². The van der Waals surface area contributed by atoms with Crippen LogP contribution in [-0.4, -0.2) is 49.4 Å². The standard InChI is InChI=1S/C26H29N5O2/c1-2-10-27-19-21-17-22(7-8-25(21)31-12-15-32-16-13-31)29-26-28-11-9-24(30-26)20-5-4-6-23(18-20)33-14-3-1/h1-2,4-9,11,17-18,27H,3,10,12-16,19H2,(H,28,29,30)/b2-1+. The second-order valence-corrected chi connectivity index (χ2v) is 8.10. The molecule has 0 aliphatic carbocycles. The van der Waals surface area contributed by atoms with Gasteiger partial charge in [-0.1, -0.05) is 24.3 Å². The first-order valence-electron chi connectivity index (χ1n) is 11.5. The van der Waals surface area contributed by atoms with Crippen molar-refractivity contribution in [3.63, 3.8) is 0 Å². The maximum atomic E-state index is 5.93. The van der Waals surface area contributed by atoms with Crippen molar-refractivity contribution < 1.29 is 9.47 Å². The van der Waals surface area contributed by atoms with Crippen LogP contribution in [0.1, 0.15) is 12.0 Å². The fourth-order valence-electron chi connectivity index (χ4n) is 4.11. The molecular formula is C26H29N5O2. The highest BCUT2D eigenvalue weighted by atomic mass is 16.5. The van der Waals surface area contributed by atoms with Gasteiger partial charge in [-0.25, -0.2) is 9.97 Å². The van der Waals surface area contributed by atoms with E-state index in [4.69, 9.17) is 14.5 Å². The van der Waals surface area contributed by atoms with E-state index >= 15 is 0 Å². The molecule has 6 bridgehead atoms. The summed E-state index contributed by atoms with van der Waals surface area (Å²) in [6, 6.07) is 16.4. The minimum Gasteiger partial charge on any atom is -0.493 e. The summed E-state index contributed by atoms with van der Waals surface area (Å²) in [4.78, 5) is 11.6. The Bertz CT molecular complexity index is 1110. The average Bonchev–Trinajstić information content (AvgIpc) is 2.86. The summed E-state index contributed by atoms with van der Waals surface area (Å²) < 4.78 is 11.5.